The van der Waals surface area contributed by atoms with Crippen LogP contribution < -0.4 is 0 Å². The highest BCUT2D eigenvalue weighted by Gasteiger charge is 2.31. The molecule has 2 atom stereocenters. The van der Waals surface area contributed by atoms with Crippen molar-refractivity contribution in [1.82, 2.24) is 15.0 Å². The smallest absolute Gasteiger partial charge is 0.160 e. The zero-order valence-corrected chi connectivity index (χ0v) is 17.4. The molecule has 0 radical (unpaired) electrons. The molecule has 0 fully saturated rings. The summed E-state index contributed by atoms with van der Waals surface area (Å²) in [6.45, 7) is 17.5. The van der Waals surface area contributed by atoms with Crippen LogP contribution in [0, 0.1) is 19.8 Å². The summed E-state index contributed by atoms with van der Waals surface area (Å²) in [5.41, 5.74) is 1.18. The van der Waals surface area contributed by atoms with E-state index in [1.807, 2.05) is 38.6 Å². The van der Waals surface area contributed by atoms with Crippen LogP contribution in [-0.2, 0) is 0 Å². The van der Waals surface area contributed by atoms with Crippen LogP contribution >= 0.6 is 11.8 Å². The molecule has 3 nitrogen and oxygen atoms in total. The van der Waals surface area contributed by atoms with Crippen LogP contribution in [0.1, 0.15) is 71.9 Å². The monoisotopic (exact) mass is 347 g/mol. The summed E-state index contributed by atoms with van der Waals surface area (Å²) in [5.74, 6) is 2.98. The Morgan fingerprint density at radius 2 is 1.71 bits per heavy atom. The van der Waals surface area contributed by atoms with Crippen molar-refractivity contribution in [2.45, 2.75) is 78.2 Å². The topological polar surface area (TPSA) is 38.7 Å². The van der Waals surface area contributed by atoms with E-state index in [0.717, 1.165) is 17.5 Å². The molecule has 1 heterocycles. The fourth-order valence-corrected chi connectivity index (χ4v) is 4.50. The summed E-state index contributed by atoms with van der Waals surface area (Å²) in [6, 6.07) is 0. The number of thioether (sulfide) groups is 1. The molecule has 2 unspecified atom stereocenters. The third kappa shape index (κ3) is 5.73. The fourth-order valence-electron chi connectivity index (χ4n) is 2.78. The molecule has 0 aliphatic carbocycles. The lowest BCUT2D eigenvalue weighted by atomic mass is 9.92. The van der Waals surface area contributed by atoms with Crippen LogP contribution in [0.15, 0.2) is 18.2 Å². The predicted octanol–water partition coefficient (Wildman–Crippen LogP) is 5.78. The van der Waals surface area contributed by atoms with Crippen molar-refractivity contribution in [2.75, 3.05) is 0 Å². The van der Waals surface area contributed by atoms with Gasteiger partial charge in [-0.1, -0.05) is 52.3 Å². The molecule has 24 heavy (non-hydrogen) atoms. The molecule has 0 aliphatic rings. The minimum atomic E-state index is 0.250. The molecule has 0 saturated heterocycles. The van der Waals surface area contributed by atoms with E-state index in [1.165, 1.54) is 18.4 Å². The molecule has 134 valence electrons. The lowest BCUT2D eigenvalue weighted by molar-refractivity contribution is 0.434. The van der Waals surface area contributed by atoms with E-state index in [2.05, 4.69) is 61.7 Å². The average molecular weight is 348 g/mol. The largest absolute Gasteiger partial charge is 0.219 e. The van der Waals surface area contributed by atoms with Crippen LogP contribution in [0.25, 0.3) is 5.57 Å². The van der Waals surface area contributed by atoms with E-state index < -0.39 is 0 Å². The second-order valence-electron chi connectivity index (χ2n) is 6.88. The van der Waals surface area contributed by atoms with Crippen LogP contribution in [0.4, 0.5) is 0 Å². The molecular formula is C20H33N3S. The maximum atomic E-state index is 4.59. The van der Waals surface area contributed by atoms with Crippen molar-refractivity contribution in [2.24, 2.45) is 5.92 Å². The first-order valence-corrected chi connectivity index (χ1v) is 9.81. The maximum absolute atomic E-state index is 4.59. The van der Waals surface area contributed by atoms with Gasteiger partial charge in [0, 0.05) is 15.6 Å². The Balaban J connectivity index is 3.21. The predicted molar refractivity (Wildman–Crippen MR) is 107 cm³/mol. The van der Waals surface area contributed by atoms with E-state index in [1.54, 1.807) is 0 Å². The highest BCUT2D eigenvalue weighted by atomic mass is 32.2. The summed E-state index contributed by atoms with van der Waals surface area (Å²) >= 11 is 2.04. The third-order valence-electron chi connectivity index (χ3n) is 4.44. The maximum Gasteiger partial charge on any atom is 0.160 e. The van der Waals surface area contributed by atoms with Crippen molar-refractivity contribution < 1.29 is 0 Å². The van der Waals surface area contributed by atoms with Crippen molar-refractivity contribution in [1.29, 1.82) is 0 Å². The molecule has 0 aliphatic heterocycles. The van der Waals surface area contributed by atoms with Crippen LogP contribution in [0.3, 0.4) is 0 Å². The van der Waals surface area contributed by atoms with Crippen molar-refractivity contribution in [3.63, 3.8) is 0 Å². The molecule has 1 aromatic heterocycles. The Bertz CT molecular complexity index is 572. The molecule has 0 aromatic carbocycles. The number of rotatable bonds is 8. The fraction of sp³-hybridized carbons (Fsp3) is 0.650. The van der Waals surface area contributed by atoms with Gasteiger partial charge in [-0.3, -0.25) is 0 Å². The van der Waals surface area contributed by atoms with Gasteiger partial charge in [0.05, 0.1) is 0 Å². The Labute approximate surface area is 152 Å². The summed E-state index contributed by atoms with van der Waals surface area (Å²) in [4.78, 5) is 13.5. The van der Waals surface area contributed by atoms with E-state index >= 15 is 0 Å². The molecule has 0 bridgehead atoms. The standard InChI is InChI=1S/C20H33N3S/c1-9-11-12-18(19-22-16(6)21-17(7)23-19)15(5)24-20(8,13-10-2)14(3)4/h9,11-12,14-15H,10,13H2,1-8H3/b11-9-,18-12+. The highest BCUT2D eigenvalue weighted by Crippen LogP contribution is 2.43. The average Bonchev–Trinajstić information content (AvgIpc) is 2.46. The lowest BCUT2D eigenvalue weighted by Crippen LogP contribution is -2.30. The Morgan fingerprint density at radius 1 is 1.12 bits per heavy atom. The van der Waals surface area contributed by atoms with Gasteiger partial charge in [0.15, 0.2) is 5.82 Å². The number of nitrogens with zero attached hydrogens (tertiary/aromatic N) is 3. The molecule has 1 rings (SSSR count). The second kappa shape index (κ2) is 9.36. The number of hydrogen-bond donors (Lipinski definition) is 0. The van der Waals surface area contributed by atoms with E-state index in [4.69, 9.17) is 0 Å². The van der Waals surface area contributed by atoms with Gasteiger partial charge >= 0.3 is 0 Å². The Morgan fingerprint density at radius 3 is 2.17 bits per heavy atom. The number of aromatic nitrogens is 3. The van der Waals surface area contributed by atoms with E-state index in [9.17, 15) is 0 Å². The highest BCUT2D eigenvalue weighted by molar-refractivity contribution is 8.01. The SMILES string of the molecule is C/C=C\C=C(\c1nc(C)nc(C)n1)C(C)SC(C)(CCC)C(C)C. The van der Waals surface area contributed by atoms with E-state index in [0.29, 0.717) is 11.2 Å². The number of allylic oxidation sites excluding steroid dienone is 3. The second-order valence-corrected chi connectivity index (χ2v) is 8.75. The lowest BCUT2D eigenvalue weighted by Gasteiger charge is -2.36. The van der Waals surface area contributed by atoms with Crippen LogP contribution in [0.5, 0.6) is 0 Å². The minimum Gasteiger partial charge on any atom is -0.219 e. The van der Waals surface area contributed by atoms with Gasteiger partial charge in [0.2, 0.25) is 0 Å². The first kappa shape index (κ1) is 20.9. The van der Waals surface area contributed by atoms with E-state index in [-0.39, 0.29) is 4.75 Å². The van der Waals surface area contributed by atoms with Gasteiger partial charge in [-0.2, -0.15) is 0 Å². The quantitative estimate of drug-likeness (QED) is 0.558. The molecular weight excluding hydrogens is 314 g/mol. The zero-order valence-electron chi connectivity index (χ0n) is 16.6. The number of aryl methyl sites for hydroxylation is 2. The van der Waals surface area contributed by atoms with Gasteiger partial charge in [0.25, 0.3) is 0 Å². The normalized spacial score (nSPS) is 16.6. The summed E-state index contributed by atoms with van der Waals surface area (Å²) in [7, 11) is 0. The summed E-state index contributed by atoms with van der Waals surface area (Å²) < 4.78 is 0.250. The molecule has 0 N–H and O–H groups in total. The zero-order chi connectivity index (χ0) is 18.3. The van der Waals surface area contributed by atoms with Gasteiger partial charge in [0.1, 0.15) is 11.6 Å². The Hall–Kier alpha value is -1.16. The van der Waals surface area contributed by atoms with Crippen LogP contribution in [0.2, 0.25) is 0 Å². The van der Waals surface area contributed by atoms with Crippen molar-refractivity contribution in [3.05, 3.63) is 35.7 Å². The van der Waals surface area contributed by atoms with Gasteiger partial charge in [-0.15, -0.1) is 11.8 Å². The molecule has 0 saturated carbocycles. The van der Waals surface area contributed by atoms with Crippen molar-refractivity contribution >= 4 is 17.3 Å². The summed E-state index contributed by atoms with van der Waals surface area (Å²) in [6.07, 6.45) is 8.69. The Kier molecular flexibility index (Phi) is 8.14. The molecule has 4 heteroatoms. The summed E-state index contributed by atoms with van der Waals surface area (Å²) in [5, 5.41) is 0.321. The first-order valence-electron chi connectivity index (χ1n) is 8.93. The van der Waals surface area contributed by atoms with Gasteiger partial charge < -0.3 is 0 Å². The first-order chi connectivity index (χ1) is 11.2. The van der Waals surface area contributed by atoms with Crippen molar-refractivity contribution in [3.8, 4) is 0 Å². The number of hydrogen-bond acceptors (Lipinski definition) is 4. The third-order valence-corrected chi connectivity index (χ3v) is 6.26. The molecule has 0 amide bonds. The molecule has 0 spiro atoms. The molecule has 1 aromatic rings. The van der Waals surface area contributed by atoms with Gasteiger partial charge in [-0.05, 0) is 40.0 Å². The van der Waals surface area contributed by atoms with Crippen LogP contribution in [-0.4, -0.2) is 24.9 Å². The van der Waals surface area contributed by atoms with Gasteiger partial charge in [-0.25, -0.2) is 15.0 Å². The minimum absolute atomic E-state index is 0.250.